The van der Waals surface area contributed by atoms with Gasteiger partial charge in [-0.25, -0.2) is 13.4 Å². The highest BCUT2D eigenvalue weighted by Crippen LogP contribution is 2.30. The number of nitrogens with zero attached hydrogens (tertiary/aromatic N) is 4. The van der Waals surface area contributed by atoms with Gasteiger partial charge in [0.15, 0.2) is 5.78 Å². The first-order chi connectivity index (χ1) is 18.7. The molecule has 0 unspecified atom stereocenters. The van der Waals surface area contributed by atoms with Gasteiger partial charge in [0.25, 0.3) is 0 Å². The second kappa shape index (κ2) is 11.4. The molecular weight excluding hydrogens is 512 g/mol. The van der Waals surface area contributed by atoms with E-state index in [0.29, 0.717) is 24.3 Å². The fraction of sp³-hybridized carbons (Fsp3) is 0.414. The number of sulfonamides is 1. The van der Waals surface area contributed by atoms with Gasteiger partial charge in [0, 0.05) is 67.8 Å². The number of anilines is 2. The molecule has 0 aliphatic carbocycles. The predicted octanol–water partition coefficient (Wildman–Crippen LogP) is 3.56. The molecule has 4 heterocycles. The van der Waals surface area contributed by atoms with Gasteiger partial charge in [-0.2, -0.15) is 4.31 Å². The van der Waals surface area contributed by atoms with Crippen molar-refractivity contribution in [2.45, 2.75) is 56.4 Å². The number of ketones is 1. The molecule has 1 aromatic carbocycles. The Bertz CT molecular complexity index is 1470. The molecule has 2 fully saturated rings. The maximum Gasteiger partial charge on any atom is 0.243 e. The quantitative estimate of drug-likeness (QED) is 0.428. The molecule has 2 aliphatic heterocycles. The molecule has 2 aromatic heterocycles. The highest BCUT2D eigenvalue weighted by atomic mass is 32.2. The van der Waals surface area contributed by atoms with E-state index >= 15 is 0 Å². The van der Waals surface area contributed by atoms with Crippen molar-refractivity contribution in [2.24, 2.45) is 5.73 Å². The number of carbonyl (C=O) groups excluding carboxylic acids is 1. The number of hydrogen-bond donors (Lipinski definition) is 2. The van der Waals surface area contributed by atoms with E-state index in [4.69, 9.17) is 11.5 Å². The monoisotopic (exact) mass is 548 g/mol. The van der Waals surface area contributed by atoms with E-state index in [1.165, 1.54) is 0 Å². The summed E-state index contributed by atoms with van der Waals surface area (Å²) in [5, 5.41) is 0. The van der Waals surface area contributed by atoms with E-state index in [0.717, 1.165) is 62.0 Å². The average molecular weight is 549 g/mol. The molecular formula is C29H36N6O3S. The summed E-state index contributed by atoms with van der Waals surface area (Å²) in [6.07, 6.45) is 8.30. The van der Waals surface area contributed by atoms with Crippen LogP contribution < -0.4 is 16.4 Å². The minimum Gasteiger partial charge on any atom is -0.397 e. The first-order valence-corrected chi connectivity index (χ1v) is 15.0. The second-order valence-electron chi connectivity index (χ2n) is 10.5. The number of piperidine rings is 2. The molecule has 5 rings (SSSR count). The molecule has 3 aromatic rings. The molecule has 4 N–H and O–H groups in total. The van der Waals surface area contributed by atoms with Crippen molar-refractivity contribution in [3.8, 4) is 11.3 Å². The summed E-state index contributed by atoms with van der Waals surface area (Å²) in [7, 11) is -3.61. The summed E-state index contributed by atoms with van der Waals surface area (Å²) in [6, 6.07) is 10.5. The van der Waals surface area contributed by atoms with Gasteiger partial charge in [-0.3, -0.25) is 9.78 Å². The Morgan fingerprint density at radius 1 is 1.05 bits per heavy atom. The number of aryl methyl sites for hydroxylation is 1. The molecule has 10 heteroatoms. The van der Waals surface area contributed by atoms with Gasteiger partial charge in [0.05, 0.1) is 16.3 Å². The number of rotatable bonds is 7. The summed E-state index contributed by atoms with van der Waals surface area (Å²) in [4.78, 5) is 24.9. The molecule has 9 nitrogen and oxygen atoms in total. The molecule has 0 saturated carbocycles. The molecule has 0 bridgehead atoms. The van der Waals surface area contributed by atoms with E-state index in [1.807, 2.05) is 13.0 Å². The Labute approximate surface area is 230 Å². The van der Waals surface area contributed by atoms with Crippen LogP contribution in [0.3, 0.4) is 0 Å². The Hall–Kier alpha value is -3.34. The fourth-order valence-electron chi connectivity index (χ4n) is 5.49. The smallest absolute Gasteiger partial charge is 0.243 e. The lowest BCUT2D eigenvalue weighted by Gasteiger charge is -2.33. The van der Waals surface area contributed by atoms with Gasteiger partial charge in [0.1, 0.15) is 5.69 Å². The van der Waals surface area contributed by atoms with Crippen molar-refractivity contribution in [3.05, 3.63) is 65.6 Å². The van der Waals surface area contributed by atoms with Crippen molar-refractivity contribution in [1.82, 2.24) is 14.3 Å². The van der Waals surface area contributed by atoms with Gasteiger partial charge in [-0.05, 0) is 68.5 Å². The normalized spacial score (nSPS) is 18.7. The molecule has 39 heavy (non-hydrogen) atoms. The van der Waals surface area contributed by atoms with Gasteiger partial charge >= 0.3 is 0 Å². The zero-order chi connectivity index (χ0) is 27.6. The van der Waals surface area contributed by atoms with E-state index in [1.54, 1.807) is 47.0 Å². The van der Waals surface area contributed by atoms with Crippen LogP contribution in [-0.2, 0) is 16.4 Å². The van der Waals surface area contributed by atoms with Crippen LogP contribution in [0.15, 0.2) is 53.7 Å². The first-order valence-electron chi connectivity index (χ1n) is 13.6. The molecule has 206 valence electrons. The third kappa shape index (κ3) is 5.83. The van der Waals surface area contributed by atoms with Crippen LogP contribution in [-0.4, -0.2) is 60.7 Å². The molecule has 2 aliphatic rings. The minimum atomic E-state index is -3.61. The zero-order valence-electron chi connectivity index (χ0n) is 22.3. The van der Waals surface area contributed by atoms with Crippen LogP contribution in [0.25, 0.3) is 11.3 Å². The third-order valence-corrected chi connectivity index (χ3v) is 9.55. The lowest BCUT2D eigenvalue weighted by Crippen LogP contribution is -2.43. The Kier molecular flexibility index (Phi) is 7.97. The van der Waals surface area contributed by atoms with Crippen LogP contribution in [0.5, 0.6) is 0 Å². The summed E-state index contributed by atoms with van der Waals surface area (Å²) < 4.78 is 28.2. The van der Waals surface area contributed by atoms with Crippen LogP contribution >= 0.6 is 0 Å². The van der Waals surface area contributed by atoms with Gasteiger partial charge in [-0.1, -0.05) is 12.5 Å². The van der Waals surface area contributed by atoms with Crippen LogP contribution in [0, 0.1) is 6.92 Å². The zero-order valence-corrected chi connectivity index (χ0v) is 23.2. The summed E-state index contributed by atoms with van der Waals surface area (Å²) in [5.74, 6) is -0.223. The molecule has 0 radical (unpaired) electrons. The third-order valence-electron chi connectivity index (χ3n) is 7.66. The Morgan fingerprint density at radius 3 is 2.62 bits per heavy atom. The van der Waals surface area contributed by atoms with Crippen LogP contribution in [0.4, 0.5) is 11.4 Å². The largest absolute Gasteiger partial charge is 0.397 e. The SMILES string of the molecule is Cc1ccc(S(=O)(=O)N2CCCCC2)cc1-c1ccc(N)c(C(=O)Cc2cnccc2N2CCC[C@H](N)C2)n1. The first kappa shape index (κ1) is 27.2. The topological polar surface area (TPSA) is 136 Å². The van der Waals surface area contributed by atoms with E-state index < -0.39 is 10.0 Å². The number of nitrogens with two attached hydrogens (primary N) is 2. The fourth-order valence-corrected chi connectivity index (χ4v) is 7.03. The molecule has 2 saturated heterocycles. The van der Waals surface area contributed by atoms with Gasteiger partial charge in [0.2, 0.25) is 10.0 Å². The summed E-state index contributed by atoms with van der Waals surface area (Å²) >= 11 is 0. The standard InChI is InChI=1S/C29H36N6O3S/c1-20-7-8-23(39(37,38)35-14-3-2-4-15-35)17-24(20)26-10-9-25(31)29(33-26)28(36)16-21-18-32-12-11-27(21)34-13-5-6-22(30)19-34/h7-12,17-18,22H,2-6,13-16,19,30-31H2,1H3/t22-/m0/s1. The van der Waals surface area contributed by atoms with E-state index in [-0.39, 0.29) is 34.5 Å². The van der Waals surface area contributed by atoms with E-state index in [2.05, 4.69) is 14.9 Å². The summed E-state index contributed by atoms with van der Waals surface area (Å²) in [5.41, 5.74) is 16.7. The van der Waals surface area contributed by atoms with E-state index in [9.17, 15) is 13.2 Å². The van der Waals surface area contributed by atoms with Gasteiger partial charge < -0.3 is 16.4 Å². The van der Waals surface area contributed by atoms with Crippen molar-refractivity contribution in [3.63, 3.8) is 0 Å². The van der Waals surface area contributed by atoms with Gasteiger partial charge in [-0.15, -0.1) is 0 Å². The highest BCUT2D eigenvalue weighted by Gasteiger charge is 2.27. The number of carbonyl (C=O) groups is 1. The summed E-state index contributed by atoms with van der Waals surface area (Å²) in [6.45, 7) is 4.58. The number of pyridine rings is 2. The molecule has 1 atom stereocenters. The Balaban J connectivity index is 1.44. The maximum atomic E-state index is 13.5. The average Bonchev–Trinajstić information content (AvgIpc) is 2.94. The Morgan fingerprint density at radius 2 is 1.85 bits per heavy atom. The predicted molar refractivity (Wildman–Crippen MR) is 153 cm³/mol. The van der Waals surface area contributed by atoms with Crippen LogP contribution in [0.2, 0.25) is 0 Å². The van der Waals surface area contributed by atoms with Crippen LogP contribution in [0.1, 0.15) is 53.7 Å². The number of nitrogen functional groups attached to an aromatic ring is 1. The molecule has 0 spiro atoms. The lowest BCUT2D eigenvalue weighted by molar-refractivity contribution is 0.0989. The number of benzene rings is 1. The lowest BCUT2D eigenvalue weighted by atomic mass is 10.0. The minimum absolute atomic E-state index is 0.0952. The van der Waals surface area contributed by atoms with Crippen molar-refractivity contribution in [2.75, 3.05) is 36.8 Å². The number of hydrogen-bond acceptors (Lipinski definition) is 8. The highest BCUT2D eigenvalue weighted by molar-refractivity contribution is 7.89. The van der Waals surface area contributed by atoms with Crippen molar-refractivity contribution >= 4 is 27.2 Å². The number of aromatic nitrogens is 2. The second-order valence-corrected chi connectivity index (χ2v) is 12.5. The molecule has 0 amide bonds. The van der Waals surface area contributed by atoms with Crippen molar-refractivity contribution in [1.29, 1.82) is 0 Å². The number of Topliss-reactive ketones (excluding diaryl/α,β-unsaturated/α-hetero) is 1. The maximum absolute atomic E-state index is 13.5. The van der Waals surface area contributed by atoms with Crippen molar-refractivity contribution < 1.29 is 13.2 Å².